The van der Waals surface area contributed by atoms with E-state index in [0.29, 0.717) is 5.70 Å². The van der Waals surface area contributed by atoms with Gasteiger partial charge in [0.1, 0.15) is 6.61 Å². The first-order chi connectivity index (χ1) is 13.3. The highest BCUT2D eigenvalue weighted by Crippen LogP contribution is 2.41. The predicted octanol–water partition coefficient (Wildman–Crippen LogP) is 2.88. The van der Waals surface area contributed by atoms with E-state index in [1.165, 1.54) is 4.90 Å². The van der Waals surface area contributed by atoms with Crippen molar-refractivity contribution in [2.24, 2.45) is 11.8 Å². The smallest absolute Gasteiger partial charge is 0.414 e. The molecule has 6 nitrogen and oxygen atoms in total. The fraction of sp³-hybridized carbons (Fsp3) is 0.333. The van der Waals surface area contributed by atoms with E-state index in [-0.39, 0.29) is 36.5 Å². The van der Waals surface area contributed by atoms with Crippen molar-refractivity contribution >= 4 is 21.7 Å². The highest BCUT2D eigenvalue weighted by Gasteiger charge is 2.39. The Labute approximate surface area is 165 Å². The van der Waals surface area contributed by atoms with Crippen LogP contribution >= 0.6 is 0 Å². The van der Waals surface area contributed by atoms with Crippen LogP contribution in [0.1, 0.15) is 12.0 Å². The molecule has 2 atom stereocenters. The molecule has 1 aromatic rings. The first kappa shape index (κ1) is 20.1. The summed E-state index contributed by atoms with van der Waals surface area (Å²) in [6.07, 6.45) is 6.56. The number of sulfone groups is 1. The van der Waals surface area contributed by atoms with Crippen LogP contribution in [0.4, 0.5) is 4.79 Å². The molecule has 0 aromatic heterocycles. The minimum atomic E-state index is -3.24. The summed E-state index contributed by atoms with van der Waals surface area (Å²) in [4.78, 5) is 26.3. The van der Waals surface area contributed by atoms with Gasteiger partial charge in [-0.25, -0.2) is 13.2 Å². The summed E-state index contributed by atoms with van der Waals surface area (Å²) in [6, 6.07) is 9.34. The van der Waals surface area contributed by atoms with Crippen molar-refractivity contribution in [1.29, 1.82) is 0 Å². The molecule has 1 amide bonds. The van der Waals surface area contributed by atoms with E-state index >= 15 is 0 Å². The topological polar surface area (TPSA) is 80.8 Å². The Hall–Kier alpha value is -2.67. The van der Waals surface area contributed by atoms with Gasteiger partial charge in [-0.15, -0.1) is 0 Å². The molecule has 3 rings (SSSR count). The second-order valence-electron chi connectivity index (χ2n) is 7.06. The van der Waals surface area contributed by atoms with Gasteiger partial charge in [0.05, 0.1) is 18.2 Å². The molecular formula is C21H23NO5S. The lowest BCUT2D eigenvalue weighted by Crippen LogP contribution is -2.33. The highest BCUT2D eigenvalue weighted by molar-refractivity contribution is 7.90. The molecule has 0 aliphatic heterocycles. The van der Waals surface area contributed by atoms with E-state index in [9.17, 15) is 18.0 Å². The summed E-state index contributed by atoms with van der Waals surface area (Å²) >= 11 is 0. The van der Waals surface area contributed by atoms with Crippen molar-refractivity contribution in [3.05, 3.63) is 72.0 Å². The number of nitrogens with zero attached hydrogens (tertiary/aromatic N) is 1. The number of benzene rings is 1. The minimum Gasteiger partial charge on any atom is -0.448 e. The van der Waals surface area contributed by atoms with Crippen LogP contribution in [0.2, 0.25) is 0 Å². The van der Waals surface area contributed by atoms with Crippen LogP contribution in [-0.4, -0.2) is 43.8 Å². The van der Waals surface area contributed by atoms with Crippen molar-refractivity contribution in [3.8, 4) is 0 Å². The van der Waals surface area contributed by atoms with Gasteiger partial charge in [-0.1, -0.05) is 49.1 Å². The number of ether oxygens (including phenoxy) is 1. The summed E-state index contributed by atoms with van der Waals surface area (Å²) in [5.74, 6) is -0.436. The third-order valence-corrected chi connectivity index (χ3v) is 5.84. The lowest BCUT2D eigenvalue weighted by Gasteiger charge is -2.27. The number of hydrogen-bond acceptors (Lipinski definition) is 5. The average Bonchev–Trinajstić information content (AvgIpc) is 3.22. The van der Waals surface area contributed by atoms with Gasteiger partial charge < -0.3 is 4.74 Å². The van der Waals surface area contributed by atoms with Crippen LogP contribution in [0.25, 0.3) is 0 Å². The molecule has 2 aliphatic rings. The number of fused-ring (bicyclic) bond motifs is 1. The molecule has 28 heavy (non-hydrogen) atoms. The Morgan fingerprint density at radius 3 is 2.68 bits per heavy atom. The van der Waals surface area contributed by atoms with Crippen molar-refractivity contribution in [2.45, 2.75) is 13.0 Å². The molecule has 0 fully saturated rings. The number of hydrogen-bond donors (Lipinski definition) is 0. The second-order valence-corrected chi connectivity index (χ2v) is 9.32. The summed E-state index contributed by atoms with van der Waals surface area (Å²) < 4.78 is 27.8. The Morgan fingerprint density at radius 1 is 1.29 bits per heavy atom. The lowest BCUT2D eigenvalue weighted by molar-refractivity contribution is -0.117. The molecule has 148 valence electrons. The molecule has 7 heteroatoms. The largest absolute Gasteiger partial charge is 0.448 e. The molecular weight excluding hydrogens is 378 g/mol. The third-order valence-electron chi connectivity index (χ3n) is 4.93. The first-order valence-corrected chi connectivity index (χ1v) is 11.1. The maximum atomic E-state index is 12.7. The Balaban J connectivity index is 1.78. The van der Waals surface area contributed by atoms with E-state index in [1.54, 1.807) is 6.08 Å². The molecule has 0 unspecified atom stereocenters. The van der Waals surface area contributed by atoms with Gasteiger partial charge in [-0.3, -0.25) is 9.69 Å². The van der Waals surface area contributed by atoms with Crippen LogP contribution in [0, 0.1) is 11.8 Å². The quantitative estimate of drug-likeness (QED) is 0.702. The molecule has 0 heterocycles. The van der Waals surface area contributed by atoms with Gasteiger partial charge in [0, 0.05) is 12.0 Å². The van der Waals surface area contributed by atoms with Gasteiger partial charge in [0.2, 0.25) is 0 Å². The molecule has 0 N–H and O–H groups in total. The van der Waals surface area contributed by atoms with Crippen LogP contribution < -0.4 is 0 Å². The van der Waals surface area contributed by atoms with Crippen molar-refractivity contribution in [2.75, 3.05) is 18.6 Å². The molecule has 0 bridgehead atoms. The maximum absolute atomic E-state index is 12.7. The van der Waals surface area contributed by atoms with Gasteiger partial charge in [-0.2, -0.15) is 0 Å². The zero-order valence-electron chi connectivity index (χ0n) is 15.7. The van der Waals surface area contributed by atoms with Gasteiger partial charge in [0.25, 0.3) is 0 Å². The van der Waals surface area contributed by atoms with E-state index in [0.717, 1.165) is 23.8 Å². The van der Waals surface area contributed by atoms with Crippen molar-refractivity contribution in [3.63, 3.8) is 0 Å². The molecule has 0 spiro atoms. The van der Waals surface area contributed by atoms with Crippen LogP contribution in [0.3, 0.4) is 0 Å². The summed E-state index contributed by atoms with van der Waals surface area (Å²) in [5, 5.41) is 0. The zero-order valence-corrected chi connectivity index (χ0v) is 16.5. The molecule has 1 aromatic carbocycles. The van der Waals surface area contributed by atoms with E-state index in [2.05, 4.69) is 6.58 Å². The SMILES string of the molecule is C=C(C1=CC[C@H]2C=CC(=O)[C@@H]12)N(Cc1ccccc1)C(=O)OCCS(C)(=O)=O. The third kappa shape index (κ3) is 4.59. The Bertz CT molecular complexity index is 946. The Morgan fingerprint density at radius 2 is 2.00 bits per heavy atom. The van der Waals surface area contributed by atoms with E-state index < -0.39 is 15.9 Å². The molecule has 0 saturated heterocycles. The lowest BCUT2D eigenvalue weighted by atomic mass is 9.91. The number of rotatable bonds is 7. The summed E-state index contributed by atoms with van der Waals surface area (Å²) in [5.41, 5.74) is 2.02. The monoisotopic (exact) mass is 401 g/mol. The maximum Gasteiger partial charge on any atom is 0.414 e. The van der Waals surface area contributed by atoms with Crippen LogP contribution in [0.5, 0.6) is 0 Å². The number of amides is 1. The van der Waals surface area contributed by atoms with Crippen molar-refractivity contribution < 1.29 is 22.7 Å². The summed E-state index contributed by atoms with van der Waals surface area (Å²) in [6.45, 7) is 4.05. The Kier molecular flexibility index (Phi) is 5.84. The summed E-state index contributed by atoms with van der Waals surface area (Å²) in [7, 11) is -3.24. The fourth-order valence-electron chi connectivity index (χ4n) is 3.48. The minimum absolute atomic E-state index is 0.0139. The predicted molar refractivity (Wildman–Crippen MR) is 106 cm³/mol. The normalized spacial score (nSPS) is 20.6. The van der Waals surface area contributed by atoms with Crippen LogP contribution in [-0.2, 0) is 25.9 Å². The molecule has 2 aliphatic carbocycles. The van der Waals surface area contributed by atoms with Crippen molar-refractivity contribution in [1.82, 2.24) is 4.90 Å². The second kappa shape index (κ2) is 8.14. The number of carbonyl (C=O) groups is 2. The molecule has 0 saturated carbocycles. The number of ketones is 1. The molecule has 0 radical (unpaired) electrons. The highest BCUT2D eigenvalue weighted by atomic mass is 32.2. The van der Waals surface area contributed by atoms with Gasteiger partial charge in [-0.05, 0) is 29.6 Å². The van der Waals surface area contributed by atoms with Crippen LogP contribution in [0.15, 0.2) is 66.4 Å². The zero-order chi connectivity index (χ0) is 20.3. The van der Waals surface area contributed by atoms with E-state index in [1.807, 2.05) is 42.5 Å². The number of carbonyl (C=O) groups excluding carboxylic acids is 2. The average molecular weight is 401 g/mol. The van der Waals surface area contributed by atoms with Gasteiger partial charge >= 0.3 is 6.09 Å². The fourth-order valence-corrected chi connectivity index (χ4v) is 3.87. The standard InChI is InChI=1S/C21H23NO5S/c1-15(18-10-8-17-9-11-19(23)20(17)18)22(14-16-6-4-3-5-7-16)21(24)27-12-13-28(2,25)26/h3-7,9-11,17,20H,1,8,12-14H2,2H3/t17-,20+/m0/s1. The van der Waals surface area contributed by atoms with E-state index in [4.69, 9.17) is 4.74 Å². The van der Waals surface area contributed by atoms with Gasteiger partial charge in [0.15, 0.2) is 15.6 Å². The number of allylic oxidation sites excluding steroid dienone is 4. The first-order valence-electron chi connectivity index (χ1n) is 9.03.